The largest absolute Gasteiger partial charge is 0.418 e. The van der Waals surface area contributed by atoms with Crippen molar-refractivity contribution >= 4 is 17.3 Å². The summed E-state index contributed by atoms with van der Waals surface area (Å²) in [5.41, 5.74) is 4.12. The molecule has 6 heteroatoms. The van der Waals surface area contributed by atoms with Gasteiger partial charge in [-0.3, -0.25) is 4.79 Å². The third-order valence-electron chi connectivity index (χ3n) is 2.81. The molecule has 0 unspecified atom stereocenters. The monoisotopic (exact) mass is 258 g/mol. The molecule has 1 aliphatic carbocycles. The Balaban J connectivity index is 2.11. The van der Waals surface area contributed by atoms with E-state index in [-0.39, 0.29) is 17.3 Å². The molecule has 0 bridgehead atoms. The van der Waals surface area contributed by atoms with E-state index in [0.29, 0.717) is 12.3 Å². The normalized spacial score (nSPS) is 15.5. The molecule has 0 radical (unpaired) electrons. The number of carbonyl (C=O) groups excluding carboxylic acids is 1. The number of rotatable bonds is 3. The number of alkyl halides is 3. The highest BCUT2D eigenvalue weighted by Crippen LogP contribution is 2.36. The quantitative estimate of drug-likeness (QED) is 0.819. The minimum atomic E-state index is -4.51. The van der Waals surface area contributed by atoms with E-state index in [9.17, 15) is 18.0 Å². The second kappa shape index (κ2) is 4.51. The van der Waals surface area contributed by atoms with Crippen LogP contribution in [0.5, 0.6) is 0 Å². The van der Waals surface area contributed by atoms with Gasteiger partial charge in [0.25, 0.3) is 0 Å². The molecule has 18 heavy (non-hydrogen) atoms. The number of nitrogens with one attached hydrogen (secondary N) is 1. The summed E-state index contributed by atoms with van der Waals surface area (Å²) in [6, 6.07) is 3.38. The van der Waals surface area contributed by atoms with Gasteiger partial charge in [-0.2, -0.15) is 13.2 Å². The first kappa shape index (κ1) is 12.7. The smallest absolute Gasteiger partial charge is 0.398 e. The van der Waals surface area contributed by atoms with Gasteiger partial charge in [0.05, 0.1) is 5.56 Å². The van der Waals surface area contributed by atoms with Crippen molar-refractivity contribution in [2.75, 3.05) is 11.1 Å². The zero-order valence-electron chi connectivity index (χ0n) is 9.55. The van der Waals surface area contributed by atoms with Gasteiger partial charge in [0.15, 0.2) is 0 Å². The molecular formula is C12H13F3N2O. The molecule has 3 N–H and O–H groups in total. The Hall–Kier alpha value is -1.72. The number of carbonyl (C=O) groups is 1. The lowest BCUT2D eigenvalue weighted by atomic mass is 10.1. The van der Waals surface area contributed by atoms with Gasteiger partial charge < -0.3 is 11.1 Å². The number of benzene rings is 1. The molecule has 0 atom stereocenters. The molecule has 2 rings (SSSR count). The number of anilines is 2. The van der Waals surface area contributed by atoms with E-state index in [4.69, 9.17) is 5.73 Å². The summed E-state index contributed by atoms with van der Waals surface area (Å²) in [4.78, 5) is 11.5. The summed E-state index contributed by atoms with van der Waals surface area (Å²) in [7, 11) is 0. The molecule has 98 valence electrons. The minimum Gasteiger partial charge on any atom is -0.398 e. The fourth-order valence-corrected chi connectivity index (χ4v) is 1.68. The Bertz CT molecular complexity index is 467. The average molecular weight is 258 g/mol. The Morgan fingerprint density at radius 1 is 1.39 bits per heavy atom. The minimum absolute atomic E-state index is 0.127. The summed E-state index contributed by atoms with van der Waals surface area (Å²) in [5, 5.41) is 2.46. The number of amides is 1. The van der Waals surface area contributed by atoms with Gasteiger partial charge in [-0.25, -0.2) is 0 Å². The summed E-state index contributed by atoms with van der Waals surface area (Å²) < 4.78 is 37.8. The average Bonchev–Trinajstić information content (AvgIpc) is 3.03. The van der Waals surface area contributed by atoms with Crippen LogP contribution in [-0.4, -0.2) is 5.91 Å². The maximum Gasteiger partial charge on any atom is 0.418 e. The van der Waals surface area contributed by atoms with Crippen LogP contribution in [0, 0.1) is 5.92 Å². The second-order valence-electron chi connectivity index (χ2n) is 4.50. The number of nitrogens with two attached hydrogens (primary N) is 1. The summed E-state index contributed by atoms with van der Waals surface area (Å²) in [6.07, 6.45) is -2.11. The molecule has 0 aromatic heterocycles. The maximum absolute atomic E-state index is 12.6. The van der Waals surface area contributed by atoms with Gasteiger partial charge in [-0.1, -0.05) is 0 Å². The van der Waals surface area contributed by atoms with Gasteiger partial charge in [0, 0.05) is 17.8 Å². The van der Waals surface area contributed by atoms with Crippen LogP contribution in [0.1, 0.15) is 24.8 Å². The first-order valence-corrected chi connectivity index (χ1v) is 5.63. The van der Waals surface area contributed by atoms with Crippen LogP contribution in [0.4, 0.5) is 24.5 Å². The van der Waals surface area contributed by atoms with Crippen LogP contribution in [0.2, 0.25) is 0 Å². The lowest BCUT2D eigenvalue weighted by molar-refractivity contribution is -0.136. The molecule has 0 spiro atoms. The highest BCUT2D eigenvalue weighted by molar-refractivity contribution is 5.91. The second-order valence-corrected chi connectivity index (χ2v) is 4.50. The lowest BCUT2D eigenvalue weighted by Gasteiger charge is -2.12. The maximum atomic E-state index is 12.6. The van der Waals surface area contributed by atoms with E-state index < -0.39 is 11.7 Å². The van der Waals surface area contributed by atoms with Crippen molar-refractivity contribution in [2.24, 2.45) is 5.92 Å². The van der Waals surface area contributed by atoms with E-state index >= 15 is 0 Å². The van der Waals surface area contributed by atoms with E-state index in [1.54, 1.807) is 0 Å². The third kappa shape index (κ3) is 3.15. The van der Waals surface area contributed by atoms with Gasteiger partial charge in [-0.15, -0.1) is 0 Å². The molecule has 1 amide bonds. The fourth-order valence-electron chi connectivity index (χ4n) is 1.68. The Kier molecular flexibility index (Phi) is 3.19. The zero-order valence-corrected chi connectivity index (χ0v) is 9.55. The topological polar surface area (TPSA) is 55.1 Å². The third-order valence-corrected chi connectivity index (χ3v) is 2.81. The molecular weight excluding hydrogens is 245 g/mol. The number of hydrogen-bond donors (Lipinski definition) is 2. The predicted octanol–water partition coefficient (Wildman–Crippen LogP) is 3.03. The SMILES string of the molecule is Nc1ccc(NC(=O)CC2CC2)cc1C(F)(F)F. The van der Waals surface area contributed by atoms with Crippen molar-refractivity contribution in [1.29, 1.82) is 0 Å². The molecule has 1 fully saturated rings. The van der Waals surface area contributed by atoms with Gasteiger partial charge in [-0.05, 0) is 37.0 Å². The first-order valence-electron chi connectivity index (χ1n) is 5.63. The van der Waals surface area contributed by atoms with Crippen molar-refractivity contribution in [3.05, 3.63) is 23.8 Å². The van der Waals surface area contributed by atoms with Crippen LogP contribution in [0.25, 0.3) is 0 Å². The molecule has 1 aromatic carbocycles. The van der Waals surface area contributed by atoms with E-state index in [1.165, 1.54) is 6.07 Å². The van der Waals surface area contributed by atoms with E-state index in [0.717, 1.165) is 25.0 Å². The molecule has 1 aliphatic rings. The van der Waals surface area contributed by atoms with E-state index in [1.807, 2.05) is 0 Å². The van der Waals surface area contributed by atoms with E-state index in [2.05, 4.69) is 5.32 Å². The molecule has 3 nitrogen and oxygen atoms in total. The molecule has 1 saturated carbocycles. The number of nitrogen functional groups attached to an aromatic ring is 1. The first-order chi connectivity index (χ1) is 8.36. The van der Waals surface area contributed by atoms with Crippen molar-refractivity contribution in [2.45, 2.75) is 25.4 Å². The Morgan fingerprint density at radius 2 is 2.06 bits per heavy atom. The van der Waals surface area contributed by atoms with Crippen molar-refractivity contribution in [3.63, 3.8) is 0 Å². The predicted molar refractivity (Wildman–Crippen MR) is 61.8 cm³/mol. The van der Waals surface area contributed by atoms with Crippen LogP contribution in [-0.2, 0) is 11.0 Å². The fraction of sp³-hybridized carbons (Fsp3) is 0.417. The van der Waals surface area contributed by atoms with Crippen LogP contribution in [0.15, 0.2) is 18.2 Å². The molecule has 0 heterocycles. The highest BCUT2D eigenvalue weighted by Gasteiger charge is 2.33. The van der Waals surface area contributed by atoms with Gasteiger partial charge in [0.1, 0.15) is 0 Å². The summed E-state index contributed by atoms with van der Waals surface area (Å²) in [5.74, 6) is 0.135. The number of halogens is 3. The number of hydrogen-bond acceptors (Lipinski definition) is 2. The zero-order chi connectivity index (χ0) is 13.3. The Labute approximate surface area is 102 Å². The lowest BCUT2D eigenvalue weighted by Crippen LogP contribution is -2.14. The highest BCUT2D eigenvalue weighted by atomic mass is 19.4. The van der Waals surface area contributed by atoms with Crippen molar-refractivity contribution in [3.8, 4) is 0 Å². The summed E-state index contributed by atoms with van der Waals surface area (Å²) in [6.45, 7) is 0. The van der Waals surface area contributed by atoms with Crippen LogP contribution < -0.4 is 11.1 Å². The standard InChI is InChI=1S/C12H13F3N2O/c13-12(14,15)9-6-8(3-4-10(9)16)17-11(18)5-7-1-2-7/h3-4,6-7H,1-2,5,16H2,(H,17,18). The Morgan fingerprint density at radius 3 is 2.61 bits per heavy atom. The van der Waals surface area contributed by atoms with Gasteiger partial charge >= 0.3 is 6.18 Å². The van der Waals surface area contributed by atoms with Crippen LogP contribution >= 0.6 is 0 Å². The van der Waals surface area contributed by atoms with Crippen molar-refractivity contribution < 1.29 is 18.0 Å². The van der Waals surface area contributed by atoms with Gasteiger partial charge in [0.2, 0.25) is 5.91 Å². The molecule has 0 saturated heterocycles. The van der Waals surface area contributed by atoms with Crippen LogP contribution in [0.3, 0.4) is 0 Å². The molecule has 1 aromatic rings. The van der Waals surface area contributed by atoms with Crippen molar-refractivity contribution in [1.82, 2.24) is 0 Å². The summed E-state index contributed by atoms with van der Waals surface area (Å²) >= 11 is 0. The molecule has 0 aliphatic heterocycles.